The molecule has 0 aromatic carbocycles. The molecule has 2 aromatic rings. The zero-order valence-electron chi connectivity index (χ0n) is 9.16. The van der Waals surface area contributed by atoms with Crippen LogP contribution in [0.4, 0.5) is 0 Å². The van der Waals surface area contributed by atoms with Gasteiger partial charge in [0.2, 0.25) is 0 Å². The van der Waals surface area contributed by atoms with E-state index >= 15 is 0 Å². The fourth-order valence-electron chi connectivity index (χ4n) is 1.74. The zero-order chi connectivity index (χ0) is 11.0. The van der Waals surface area contributed by atoms with Gasteiger partial charge in [0.1, 0.15) is 11.2 Å². The summed E-state index contributed by atoms with van der Waals surface area (Å²) in [5.74, 6) is 0.734. The number of aryl methyl sites for hydroxylation is 3. The molecule has 0 aliphatic carbocycles. The molecular formula is C10H14N4O. The number of nitrogens with one attached hydrogen (secondary N) is 1. The lowest BCUT2D eigenvalue weighted by atomic mass is 10.3. The molecule has 5 heteroatoms. The molecule has 0 unspecified atom stereocenters. The highest BCUT2D eigenvalue weighted by Crippen LogP contribution is 2.10. The smallest absolute Gasteiger partial charge is 0.262 e. The number of rotatable bonds is 2. The highest BCUT2D eigenvalue weighted by Gasteiger charge is 2.11. The third-order valence-electron chi connectivity index (χ3n) is 2.40. The molecule has 2 heterocycles. The molecule has 0 aliphatic heterocycles. The fourth-order valence-corrected chi connectivity index (χ4v) is 1.74. The summed E-state index contributed by atoms with van der Waals surface area (Å²) in [4.78, 5) is 18.9. The van der Waals surface area contributed by atoms with Crippen molar-refractivity contribution in [3.05, 3.63) is 21.9 Å². The number of fused-ring (bicyclic) bond motifs is 1. The predicted octanol–water partition coefficient (Wildman–Crippen LogP) is 0.918. The molecule has 5 nitrogen and oxygen atoms in total. The van der Waals surface area contributed by atoms with E-state index in [0.717, 1.165) is 24.4 Å². The number of nitrogens with zero attached hydrogens (tertiary/aromatic N) is 3. The Kier molecular flexibility index (Phi) is 2.30. The maximum Gasteiger partial charge on any atom is 0.262 e. The van der Waals surface area contributed by atoms with Crippen LogP contribution < -0.4 is 5.56 Å². The summed E-state index contributed by atoms with van der Waals surface area (Å²) in [5, 5.41) is 4.78. The van der Waals surface area contributed by atoms with E-state index < -0.39 is 0 Å². The largest absolute Gasteiger partial charge is 0.310 e. The quantitative estimate of drug-likeness (QED) is 0.794. The Morgan fingerprint density at radius 3 is 2.87 bits per heavy atom. The maximum absolute atomic E-state index is 11.8. The number of aromatic nitrogens is 4. The lowest BCUT2D eigenvalue weighted by molar-refractivity contribution is 0.762. The van der Waals surface area contributed by atoms with Crippen molar-refractivity contribution < 1.29 is 0 Å². The van der Waals surface area contributed by atoms with Crippen LogP contribution in [-0.2, 0) is 13.5 Å². The molecule has 0 bridgehead atoms. The van der Waals surface area contributed by atoms with Gasteiger partial charge < -0.3 is 4.98 Å². The number of hydrogen-bond donors (Lipinski definition) is 1. The van der Waals surface area contributed by atoms with Crippen LogP contribution in [0.5, 0.6) is 0 Å². The maximum atomic E-state index is 11.8. The number of H-pyrrole nitrogens is 1. The van der Waals surface area contributed by atoms with Crippen LogP contribution in [0.25, 0.3) is 11.0 Å². The van der Waals surface area contributed by atoms with E-state index in [1.807, 2.05) is 6.92 Å². The first-order chi connectivity index (χ1) is 7.13. The van der Waals surface area contributed by atoms with Crippen LogP contribution in [0.1, 0.15) is 24.9 Å². The standard InChI is InChI=1S/C10H14N4O/c1-4-5-7-11-9-8(10(15)12-7)6(2)13-14(9)3/h4-5H2,1-3H3,(H,11,12,15). The minimum absolute atomic E-state index is 0.0888. The highest BCUT2D eigenvalue weighted by molar-refractivity contribution is 5.76. The van der Waals surface area contributed by atoms with Crippen LogP contribution in [0, 0.1) is 6.92 Å². The SMILES string of the molecule is CCCc1nc2c(c(C)nn2C)c(=O)[nH]1. The first-order valence-electron chi connectivity index (χ1n) is 5.06. The van der Waals surface area contributed by atoms with Gasteiger partial charge >= 0.3 is 0 Å². The molecule has 0 aliphatic rings. The van der Waals surface area contributed by atoms with Gasteiger partial charge in [-0.3, -0.25) is 4.79 Å². The van der Waals surface area contributed by atoms with Gasteiger partial charge in [0.25, 0.3) is 5.56 Å². The van der Waals surface area contributed by atoms with E-state index in [-0.39, 0.29) is 5.56 Å². The average molecular weight is 206 g/mol. The molecular weight excluding hydrogens is 192 g/mol. The average Bonchev–Trinajstić information content (AvgIpc) is 2.43. The highest BCUT2D eigenvalue weighted by atomic mass is 16.1. The zero-order valence-corrected chi connectivity index (χ0v) is 9.16. The summed E-state index contributed by atoms with van der Waals surface area (Å²) in [5.41, 5.74) is 1.30. The minimum Gasteiger partial charge on any atom is -0.310 e. The Morgan fingerprint density at radius 2 is 2.20 bits per heavy atom. The van der Waals surface area contributed by atoms with Crippen molar-refractivity contribution in [2.24, 2.45) is 7.05 Å². The van der Waals surface area contributed by atoms with E-state index in [2.05, 4.69) is 22.0 Å². The summed E-state index contributed by atoms with van der Waals surface area (Å²) in [6, 6.07) is 0. The molecule has 0 atom stereocenters. The van der Waals surface area contributed by atoms with E-state index in [9.17, 15) is 4.79 Å². The van der Waals surface area contributed by atoms with Gasteiger partial charge in [-0.2, -0.15) is 5.10 Å². The summed E-state index contributed by atoms with van der Waals surface area (Å²) >= 11 is 0. The van der Waals surface area contributed by atoms with E-state index in [4.69, 9.17) is 0 Å². The van der Waals surface area contributed by atoms with Crippen molar-refractivity contribution in [2.45, 2.75) is 26.7 Å². The first-order valence-corrected chi connectivity index (χ1v) is 5.06. The summed E-state index contributed by atoms with van der Waals surface area (Å²) in [7, 11) is 1.80. The Morgan fingerprint density at radius 1 is 1.47 bits per heavy atom. The normalized spacial score (nSPS) is 11.1. The molecule has 0 saturated heterocycles. The summed E-state index contributed by atoms with van der Waals surface area (Å²) < 4.78 is 1.65. The van der Waals surface area contributed by atoms with Gasteiger partial charge in [0.15, 0.2) is 5.65 Å². The van der Waals surface area contributed by atoms with Gasteiger partial charge in [0, 0.05) is 13.5 Å². The molecule has 80 valence electrons. The molecule has 0 spiro atoms. The topological polar surface area (TPSA) is 63.6 Å². The molecule has 15 heavy (non-hydrogen) atoms. The fraction of sp³-hybridized carbons (Fsp3) is 0.500. The Balaban J connectivity index is 2.76. The second kappa shape index (κ2) is 3.49. The monoisotopic (exact) mass is 206 g/mol. The lowest BCUT2D eigenvalue weighted by Gasteiger charge is -1.98. The van der Waals surface area contributed by atoms with Gasteiger partial charge in [-0.15, -0.1) is 0 Å². The Hall–Kier alpha value is -1.65. The third-order valence-corrected chi connectivity index (χ3v) is 2.40. The van der Waals surface area contributed by atoms with Crippen molar-refractivity contribution >= 4 is 11.0 Å². The van der Waals surface area contributed by atoms with Crippen molar-refractivity contribution in [3.63, 3.8) is 0 Å². The van der Waals surface area contributed by atoms with Crippen LogP contribution in [0.15, 0.2) is 4.79 Å². The van der Waals surface area contributed by atoms with Crippen LogP contribution in [-0.4, -0.2) is 19.7 Å². The number of aromatic amines is 1. The van der Waals surface area contributed by atoms with Gasteiger partial charge in [0.05, 0.1) is 5.69 Å². The van der Waals surface area contributed by atoms with Crippen molar-refractivity contribution in [1.29, 1.82) is 0 Å². The third kappa shape index (κ3) is 1.54. The molecule has 0 radical (unpaired) electrons. The van der Waals surface area contributed by atoms with Gasteiger partial charge in [-0.1, -0.05) is 6.92 Å². The first kappa shape index (κ1) is 9.89. The number of hydrogen-bond acceptors (Lipinski definition) is 3. The van der Waals surface area contributed by atoms with E-state index in [0.29, 0.717) is 11.0 Å². The lowest BCUT2D eigenvalue weighted by Crippen LogP contribution is -2.12. The van der Waals surface area contributed by atoms with Crippen molar-refractivity contribution in [1.82, 2.24) is 19.7 Å². The van der Waals surface area contributed by atoms with Crippen LogP contribution in [0.3, 0.4) is 0 Å². The second-order valence-electron chi connectivity index (χ2n) is 3.67. The van der Waals surface area contributed by atoms with Crippen LogP contribution in [0.2, 0.25) is 0 Å². The van der Waals surface area contributed by atoms with Crippen molar-refractivity contribution in [2.75, 3.05) is 0 Å². The summed E-state index contributed by atoms with van der Waals surface area (Å²) in [6.07, 6.45) is 1.75. The molecule has 1 N–H and O–H groups in total. The molecule has 0 fully saturated rings. The Labute approximate surface area is 87.1 Å². The molecule has 0 amide bonds. The van der Waals surface area contributed by atoms with E-state index in [1.54, 1.807) is 11.7 Å². The second-order valence-corrected chi connectivity index (χ2v) is 3.67. The van der Waals surface area contributed by atoms with E-state index in [1.165, 1.54) is 0 Å². The Bertz CT molecular complexity index is 552. The minimum atomic E-state index is -0.0888. The van der Waals surface area contributed by atoms with Crippen molar-refractivity contribution in [3.8, 4) is 0 Å². The van der Waals surface area contributed by atoms with Crippen LogP contribution >= 0.6 is 0 Å². The van der Waals surface area contributed by atoms with Gasteiger partial charge in [-0.05, 0) is 13.3 Å². The van der Waals surface area contributed by atoms with Gasteiger partial charge in [-0.25, -0.2) is 9.67 Å². The predicted molar refractivity (Wildman–Crippen MR) is 57.9 cm³/mol. The molecule has 0 saturated carbocycles. The summed E-state index contributed by atoms with van der Waals surface area (Å²) in [6.45, 7) is 3.87. The molecule has 2 aromatic heterocycles. The molecule has 2 rings (SSSR count).